The molecule has 0 unspecified atom stereocenters. The van der Waals surface area contributed by atoms with Crippen LogP contribution in [-0.2, 0) is 11.3 Å². The van der Waals surface area contributed by atoms with Gasteiger partial charge in [0.1, 0.15) is 0 Å². The second-order valence-corrected chi connectivity index (χ2v) is 7.73. The van der Waals surface area contributed by atoms with Gasteiger partial charge in [-0.1, -0.05) is 38.2 Å². The van der Waals surface area contributed by atoms with Crippen LogP contribution in [0, 0.1) is 5.92 Å². The topological polar surface area (TPSA) is 84.0 Å². The summed E-state index contributed by atoms with van der Waals surface area (Å²) >= 11 is 0. The third-order valence-electron chi connectivity index (χ3n) is 5.45. The highest BCUT2D eigenvalue weighted by Crippen LogP contribution is 2.28. The molecule has 7 heteroatoms. The van der Waals surface area contributed by atoms with E-state index in [-0.39, 0.29) is 12.5 Å². The summed E-state index contributed by atoms with van der Waals surface area (Å²) in [5.41, 5.74) is 1.04. The number of aliphatic imine (C=N–C) groups is 1. The largest absolute Gasteiger partial charge is 0.493 e. The van der Waals surface area contributed by atoms with E-state index in [2.05, 4.69) is 20.9 Å². The predicted octanol–water partition coefficient (Wildman–Crippen LogP) is 3.24. The van der Waals surface area contributed by atoms with E-state index in [1.165, 1.54) is 44.9 Å². The fourth-order valence-electron chi connectivity index (χ4n) is 3.81. The maximum atomic E-state index is 11.6. The Balaban J connectivity index is 1.75. The Morgan fingerprint density at radius 3 is 2.63 bits per heavy atom. The van der Waals surface area contributed by atoms with Crippen LogP contribution in [0.2, 0.25) is 0 Å². The number of ether oxygens (including phenoxy) is 2. The minimum Gasteiger partial charge on any atom is -0.493 e. The van der Waals surface area contributed by atoms with Crippen molar-refractivity contribution < 1.29 is 14.3 Å². The molecule has 1 aromatic carbocycles. The Morgan fingerprint density at radius 2 is 1.93 bits per heavy atom. The summed E-state index contributed by atoms with van der Waals surface area (Å²) in [4.78, 5) is 15.9. The number of rotatable bonds is 11. The number of methoxy groups -OCH3 is 1. The smallest absolute Gasteiger partial charge is 0.257 e. The molecule has 1 aliphatic carbocycles. The standard InChI is InChI=1S/C23H38N4O3/c1-4-25-22(28)17-30-20-13-12-19(15-21(20)29-3)16-27-23(24-2)26-14-8-11-18-9-6-5-7-10-18/h12-13,15,18H,4-11,14,16-17H2,1-3H3,(H,25,28)(H2,24,26,27). The minimum atomic E-state index is -0.149. The number of carbonyl (C=O) groups excluding carboxylic acids is 1. The van der Waals surface area contributed by atoms with Gasteiger partial charge in [0.25, 0.3) is 5.91 Å². The highest BCUT2D eigenvalue weighted by atomic mass is 16.5. The molecule has 0 saturated heterocycles. The van der Waals surface area contributed by atoms with Crippen LogP contribution >= 0.6 is 0 Å². The molecule has 1 saturated carbocycles. The summed E-state index contributed by atoms with van der Waals surface area (Å²) in [6.45, 7) is 3.99. The van der Waals surface area contributed by atoms with E-state index in [9.17, 15) is 4.79 Å². The summed E-state index contributed by atoms with van der Waals surface area (Å²) in [5, 5.41) is 9.45. The zero-order valence-corrected chi connectivity index (χ0v) is 18.8. The van der Waals surface area contributed by atoms with Crippen molar-refractivity contribution in [2.45, 2.75) is 58.4 Å². The third-order valence-corrected chi connectivity index (χ3v) is 5.45. The highest BCUT2D eigenvalue weighted by Gasteiger charge is 2.13. The number of nitrogens with one attached hydrogen (secondary N) is 3. The van der Waals surface area contributed by atoms with E-state index >= 15 is 0 Å². The number of hydrogen-bond donors (Lipinski definition) is 3. The Hall–Kier alpha value is -2.44. The molecule has 0 atom stereocenters. The molecule has 2 rings (SSSR count). The molecule has 1 aromatic rings. The first kappa shape index (κ1) is 23.8. The molecular weight excluding hydrogens is 380 g/mol. The monoisotopic (exact) mass is 418 g/mol. The Kier molecular flexibility index (Phi) is 10.9. The number of amides is 1. The van der Waals surface area contributed by atoms with Crippen molar-refractivity contribution in [1.29, 1.82) is 0 Å². The third kappa shape index (κ3) is 8.51. The van der Waals surface area contributed by atoms with E-state index < -0.39 is 0 Å². The van der Waals surface area contributed by atoms with Crippen molar-refractivity contribution in [1.82, 2.24) is 16.0 Å². The van der Waals surface area contributed by atoms with Crippen molar-refractivity contribution in [3.8, 4) is 11.5 Å². The summed E-state index contributed by atoms with van der Waals surface area (Å²) in [6, 6.07) is 5.70. The van der Waals surface area contributed by atoms with E-state index in [0.29, 0.717) is 24.6 Å². The van der Waals surface area contributed by atoms with Crippen molar-refractivity contribution in [2.24, 2.45) is 10.9 Å². The van der Waals surface area contributed by atoms with Gasteiger partial charge in [-0.15, -0.1) is 0 Å². The lowest BCUT2D eigenvalue weighted by molar-refractivity contribution is -0.123. The van der Waals surface area contributed by atoms with E-state index in [4.69, 9.17) is 9.47 Å². The van der Waals surface area contributed by atoms with Gasteiger partial charge in [-0.2, -0.15) is 0 Å². The molecule has 3 N–H and O–H groups in total. The van der Waals surface area contributed by atoms with Gasteiger partial charge in [0.15, 0.2) is 24.1 Å². The first-order chi connectivity index (χ1) is 14.7. The van der Waals surface area contributed by atoms with Gasteiger partial charge >= 0.3 is 0 Å². The van der Waals surface area contributed by atoms with Crippen molar-refractivity contribution >= 4 is 11.9 Å². The number of benzene rings is 1. The average Bonchev–Trinajstić information content (AvgIpc) is 2.78. The van der Waals surface area contributed by atoms with Gasteiger partial charge in [-0.3, -0.25) is 9.79 Å². The van der Waals surface area contributed by atoms with Gasteiger partial charge in [0.05, 0.1) is 7.11 Å². The molecule has 0 aromatic heterocycles. The summed E-state index contributed by atoms with van der Waals surface area (Å²) in [5.74, 6) is 2.72. The van der Waals surface area contributed by atoms with Gasteiger partial charge in [-0.25, -0.2) is 0 Å². The molecule has 168 valence electrons. The van der Waals surface area contributed by atoms with Crippen molar-refractivity contribution in [2.75, 3.05) is 33.9 Å². The normalized spacial score (nSPS) is 14.8. The number of guanidine groups is 1. The summed E-state index contributed by atoms with van der Waals surface area (Å²) < 4.78 is 11.0. The first-order valence-electron chi connectivity index (χ1n) is 11.2. The lowest BCUT2D eigenvalue weighted by Crippen LogP contribution is -2.37. The fourth-order valence-corrected chi connectivity index (χ4v) is 3.81. The molecule has 0 bridgehead atoms. The Labute approximate surface area is 181 Å². The van der Waals surface area contributed by atoms with Crippen molar-refractivity contribution in [3.63, 3.8) is 0 Å². The zero-order valence-electron chi connectivity index (χ0n) is 18.8. The van der Waals surface area contributed by atoms with Crippen LogP contribution in [0.1, 0.15) is 57.4 Å². The summed E-state index contributed by atoms with van der Waals surface area (Å²) in [7, 11) is 3.38. The first-order valence-corrected chi connectivity index (χ1v) is 11.2. The molecule has 7 nitrogen and oxygen atoms in total. The fraction of sp³-hybridized carbons (Fsp3) is 0.652. The van der Waals surface area contributed by atoms with Crippen LogP contribution in [0.3, 0.4) is 0 Å². The van der Waals surface area contributed by atoms with Crippen LogP contribution in [0.4, 0.5) is 0 Å². The van der Waals surface area contributed by atoms with E-state index in [1.807, 2.05) is 25.1 Å². The van der Waals surface area contributed by atoms with Gasteiger partial charge in [0.2, 0.25) is 0 Å². The quantitative estimate of drug-likeness (QED) is 0.292. The van der Waals surface area contributed by atoms with Crippen LogP contribution in [0.15, 0.2) is 23.2 Å². The van der Waals surface area contributed by atoms with Crippen LogP contribution in [0.25, 0.3) is 0 Å². The number of carbonyl (C=O) groups is 1. The minimum absolute atomic E-state index is 0.0286. The molecule has 1 amide bonds. The molecule has 30 heavy (non-hydrogen) atoms. The summed E-state index contributed by atoms with van der Waals surface area (Å²) in [6.07, 6.45) is 9.50. The number of likely N-dealkylation sites (N-methyl/N-ethyl adjacent to an activating group) is 1. The highest BCUT2D eigenvalue weighted by molar-refractivity contribution is 5.79. The van der Waals surface area contributed by atoms with E-state index in [0.717, 1.165) is 24.0 Å². The molecule has 0 spiro atoms. The van der Waals surface area contributed by atoms with E-state index in [1.54, 1.807) is 14.2 Å². The molecule has 1 aliphatic rings. The molecule has 1 fully saturated rings. The number of hydrogen-bond acceptors (Lipinski definition) is 4. The van der Waals surface area contributed by atoms with Gasteiger partial charge in [-0.05, 0) is 43.4 Å². The second kappa shape index (κ2) is 13.7. The van der Waals surface area contributed by atoms with Gasteiger partial charge in [0, 0.05) is 26.7 Å². The second-order valence-electron chi connectivity index (χ2n) is 7.73. The Bertz CT molecular complexity index is 672. The van der Waals surface area contributed by atoms with Gasteiger partial charge < -0.3 is 25.4 Å². The lowest BCUT2D eigenvalue weighted by Gasteiger charge is -2.21. The number of nitrogens with zero attached hydrogens (tertiary/aromatic N) is 1. The average molecular weight is 419 g/mol. The maximum absolute atomic E-state index is 11.6. The van der Waals surface area contributed by atoms with Crippen LogP contribution < -0.4 is 25.4 Å². The molecular formula is C23H38N4O3. The van der Waals surface area contributed by atoms with Crippen LogP contribution in [-0.4, -0.2) is 45.7 Å². The van der Waals surface area contributed by atoms with Crippen molar-refractivity contribution in [3.05, 3.63) is 23.8 Å². The maximum Gasteiger partial charge on any atom is 0.257 e. The SMILES string of the molecule is CCNC(=O)COc1ccc(CNC(=NC)NCCCC2CCCCC2)cc1OC. The zero-order chi connectivity index (χ0) is 21.6. The molecule has 0 aliphatic heterocycles. The predicted molar refractivity (Wildman–Crippen MR) is 121 cm³/mol. The van der Waals surface area contributed by atoms with Crippen LogP contribution in [0.5, 0.6) is 11.5 Å². The lowest BCUT2D eigenvalue weighted by atomic mass is 9.86. The molecule has 0 heterocycles. The Morgan fingerprint density at radius 1 is 1.13 bits per heavy atom. The molecule has 0 radical (unpaired) electrons.